The number of nitrogens with zero attached hydrogens (tertiary/aromatic N) is 12. The van der Waals surface area contributed by atoms with Crippen LogP contribution in [0.1, 0.15) is 48.0 Å². The molecule has 8 aromatic rings. The quantitative estimate of drug-likeness (QED) is 0.170. The second-order valence-corrected chi connectivity index (χ2v) is 16.5. The van der Waals surface area contributed by atoms with Gasteiger partial charge in [-0.2, -0.15) is 9.97 Å². The fraction of sp³-hybridized carbons (Fsp3) is 0.333. The van der Waals surface area contributed by atoms with E-state index in [0.717, 1.165) is 92.1 Å². The number of rotatable bonds is 2. The van der Waals surface area contributed by atoms with E-state index in [1.54, 1.807) is 12.4 Å². The topological polar surface area (TPSA) is 165 Å². The van der Waals surface area contributed by atoms with Gasteiger partial charge in [0, 0.05) is 61.1 Å². The predicted molar refractivity (Wildman–Crippen MR) is 232 cm³/mol. The van der Waals surface area contributed by atoms with Gasteiger partial charge in [-0.1, -0.05) is 37.0 Å². The zero-order chi connectivity index (χ0) is 42.0. The summed E-state index contributed by atoms with van der Waals surface area (Å²) < 4.78 is 20.1. The molecule has 10 rings (SSSR count). The van der Waals surface area contributed by atoms with Crippen LogP contribution in [-0.2, 0) is 13.1 Å². The third-order valence-electron chi connectivity index (χ3n) is 10.7. The van der Waals surface area contributed by atoms with Crippen molar-refractivity contribution in [1.82, 2.24) is 58.6 Å². The molecule has 2 aliphatic heterocycles. The molecule has 4 bridgehead atoms. The smallest absolute Gasteiger partial charge is 0.257 e. The highest BCUT2D eigenvalue weighted by Crippen LogP contribution is 2.36. The van der Waals surface area contributed by atoms with Crippen LogP contribution in [0.4, 0.5) is 23.3 Å². The summed E-state index contributed by atoms with van der Waals surface area (Å²) in [6.07, 6.45) is 7.30. The second kappa shape index (κ2) is 15.4. The number of aromatic nitrogens is 12. The number of nitrogens with one attached hydrogen (secondary N) is 2. The number of hydrogen-bond acceptors (Lipinski definition) is 12. The molecule has 10 heterocycles. The Hall–Kier alpha value is -6.26. The average Bonchev–Trinajstić information content (AvgIpc) is 3.89. The van der Waals surface area contributed by atoms with Crippen molar-refractivity contribution >= 4 is 68.5 Å². The number of ether oxygens (including phenoxy) is 2. The first-order valence-corrected chi connectivity index (χ1v) is 20.5. The molecule has 2 aliphatic rings. The molecule has 8 aromatic heterocycles. The summed E-state index contributed by atoms with van der Waals surface area (Å²) in [5.41, 5.74) is 10.4. The van der Waals surface area contributed by atoms with Crippen LogP contribution < -0.4 is 20.1 Å². The molecule has 60 heavy (non-hydrogen) atoms. The molecule has 0 saturated carbocycles. The number of aryl methyl sites for hydroxylation is 4. The lowest BCUT2D eigenvalue weighted by Gasteiger charge is -2.13. The van der Waals surface area contributed by atoms with E-state index in [0.29, 0.717) is 46.9 Å². The van der Waals surface area contributed by atoms with Gasteiger partial charge in [0.05, 0.1) is 68.2 Å². The summed E-state index contributed by atoms with van der Waals surface area (Å²) >= 11 is 12.8. The van der Waals surface area contributed by atoms with E-state index < -0.39 is 0 Å². The molecule has 0 saturated heterocycles. The molecule has 2 N–H and O–H groups in total. The largest absolute Gasteiger partial charge is 0.475 e. The zero-order valence-corrected chi connectivity index (χ0v) is 36.1. The van der Waals surface area contributed by atoms with Crippen LogP contribution in [0.3, 0.4) is 0 Å². The van der Waals surface area contributed by atoms with Crippen LogP contribution in [0.2, 0.25) is 10.0 Å². The van der Waals surface area contributed by atoms with Crippen LogP contribution >= 0.6 is 23.2 Å². The Morgan fingerprint density at radius 2 is 1.02 bits per heavy atom. The minimum absolute atomic E-state index is 0.231. The van der Waals surface area contributed by atoms with Crippen molar-refractivity contribution in [3.8, 4) is 23.1 Å². The summed E-state index contributed by atoms with van der Waals surface area (Å²) in [7, 11) is 0. The molecular weight excluding hydrogens is 803 g/mol. The van der Waals surface area contributed by atoms with Gasteiger partial charge in [0.1, 0.15) is 22.7 Å². The molecule has 16 nitrogen and oxygen atoms in total. The monoisotopic (exact) mass is 846 g/mol. The summed E-state index contributed by atoms with van der Waals surface area (Å²) in [6.45, 7) is 18.6. The summed E-state index contributed by atoms with van der Waals surface area (Å²) in [5, 5.41) is 19.1. The van der Waals surface area contributed by atoms with Gasteiger partial charge in [-0.05, 0) is 65.8 Å². The van der Waals surface area contributed by atoms with E-state index in [1.165, 1.54) is 0 Å². The highest BCUT2D eigenvalue weighted by molar-refractivity contribution is 6.35. The molecule has 18 heteroatoms. The highest BCUT2D eigenvalue weighted by atomic mass is 35.5. The molecule has 308 valence electrons. The fourth-order valence-electron chi connectivity index (χ4n) is 7.62. The van der Waals surface area contributed by atoms with Gasteiger partial charge < -0.3 is 29.2 Å². The third kappa shape index (κ3) is 7.23. The van der Waals surface area contributed by atoms with Crippen LogP contribution in [0.5, 0.6) is 11.8 Å². The normalized spacial score (nSPS) is 16.1. The van der Waals surface area contributed by atoms with Crippen molar-refractivity contribution in [2.45, 2.75) is 68.5 Å². The summed E-state index contributed by atoms with van der Waals surface area (Å²) in [4.78, 5) is 27.5. The van der Waals surface area contributed by atoms with Crippen molar-refractivity contribution in [2.75, 3.05) is 23.8 Å². The SMILES string of the molecule is Cc1ccc(-n2nc3c(c2C)Nc2ncc4c(Cl)cn(c4n2)CC(C)CO3)c(C)n1.Cc1ccc(-n2nc3c(c2C)Nc2ncc4c(Cl)cn(c4n2)C[C@H](C)CO3)c(C)n1. The van der Waals surface area contributed by atoms with Gasteiger partial charge in [0.15, 0.2) is 0 Å². The van der Waals surface area contributed by atoms with Crippen LogP contribution in [0, 0.1) is 53.4 Å². The maximum absolute atomic E-state index is 6.38. The van der Waals surface area contributed by atoms with Crippen molar-refractivity contribution in [3.05, 3.63) is 93.3 Å². The molecule has 0 fully saturated rings. The number of pyridine rings is 2. The Morgan fingerprint density at radius 1 is 0.600 bits per heavy atom. The summed E-state index contributed by atoms with van der Waals surface area (Å²) in [5.74, 6) is 2.45. The number of anilines is 4. The van der Waals surface area contributed by atoms with Gasteiger partial charge >= 0.3 is 0 Å². The van der Waals surface area contributed by atoms with Gasteiger partial charge in [-0.3, -0.25) is 9.97 Å². The van der Waals surface area contributed by atoms with E-state index in [9.17, 15) is 0 Å². The Kier molecular flexibility index (Phi) is 10.1. The first-order chi connectivity index (χ1) is 28.8. The molecule has 0 spiro atoms. The standard InChI is InChI=1S/2C21H22ClN7O/c2*1-11-8-28-9-16(22)15-7-23-21(26-19(15)28)25-18-14(4)29(27-20(18)30-10-11)17-6-5-12(2)24-13(17)3/h2*5-7,9,11H,8,10H2,1-4H3,(H,23,25,26)/t11-;/m0./s1. The van der Waals surface area contributed by atoms with Gasteiger partial charge in [0.2, 0.25) is 11.9 Å². The Bertz CT molecular complexity index is 2750. The molecule has 0 amide bonds. The second-order valence-electron chi connectivity index (χ2n) is 15.7. The first kappa shape index (κ1) is 39.2. The Morgan fingerprint density at radius 3 is 1.42 bits per heavy atom. The molecular formula is C42H44Cl2N14O2. The predicted octanol–water partition coefficient (Wildman–Crippen LogP) is 8.73. The fourth-order valence-corrected chi connectivity index (χ4v) is 8.12. The molecule has 0 radical (unpaired) electrons. The van der Waals surface area contributed by atoms with E-state index in [4.69, 9.17) is 52.8 Å². The number of fused-ring (bicyclic) bond motifs is 4. The summed E-state index contributed by atoms with van der Waals surface area (Å²) in [6, 6.07) is 8.00. The molecule has 1 unspecified atom stereocenters. The van der Waals surface area contributed by atoms with Crippen LogP contribution in [0.15, 0.2) is 49.1 Å². The Balaban J connectivity index is 0.000000154. The van der Waals surface area contributed by atoms with Gasteiger partial charge in [-0.15, -0.1) is 10.2 Å². The average molecular weight is 848 g/mol. The van der Waals surface area contributed by atoms with Crippen molar-refractivity contribution in [3.63, 3.8) is 0 Å². The lowest BCUT2D eigenvalue weighted by atomic mass is 10.2. The van der Waals surface area contributed by atoms with Crippen LogP contribution in [-0.4, -0.2) is 71.8 Å². The first-order valence-electron chi connectivity index (χ1n) is 19.7. The lowest BCUT2D eigenvalue weighted by molar-refractivity contribution is 0.237. The Labute approximate surface area is 355 Å². The van der Waals surface area contributed by atoms with Crippen LogP contribution in [0.25, 0.3) is 33.4 Å². The number of halogens is 2. The van der Waals surface area contributed by atoms with Crippen molar-refractivity contribution < 1.29 is 9.47 Å². The third-order valence-corrected chi connectivity index (χ3v) is 11.3. The minimum Gasteiger partial charge on any atom is -0.475 e. The van der Waals surface area contributed by atoms with Crippen molar-refractivity contribution in [2.24, 2.45) is 11.8 Å². The number of hydrogen-bond donors (Lipinski definition) is 2. The van der Waals surface area contributed by atoms with E-state index >= 15 is 0 Å². The molecule has 2 atom stereocenters. The lowest BCUT2D eigenvalue weighted by Crippen LogP contribution is -2.15. The van der Waals surface area contributed by atoms with Gasteiger partial charge in [0.25, 0.3) is 11.8 Å². The van der Waals surface area contributed by atoms with E-state index in [1.807, 2.05) is 87.6 Å². The maximum atomic E-state index is 6.38. The van der Waals surface area contributed by atoms with Gasteiger partial charge in [-0.25, -0.2) is 19.3 Å². The zero-order valence-electron chi connectivity index (χ0n) is 34.5. The molecule has 0 aliphatic carbocycles. The van der Waals surface area contributed by atoms with E-state index in [-0.39, 0.29) is 11.8 Å². The van der Waals surface area contributed by atoms with Crippen molar-refractivity contribution in [1.29, 1.82) is 0 Å². The molecule has 0 aromatic carbocycles. The highest BCUT2D eigenvalue weighted by Gasteiger charge is 2.25. The van der Waals surface area contributed by atoms with E-state index in [2.05, 4.69) is 53.6 Å². The maximum Gasteiger partial charge on any atom is 0.257 e. The minimum atomic E-state index is 0.231.